The van der Waals surface area contributed by atoms with Crippen LogP contribution in [-0.2, 0) is 13.5 Å². The summed E-state index contributed by atoms with van der Waals surface area (Å²) in [7, 11) is 2.02. The molecule has 0 saturated carbocycles. The number of aromatic nitrogens is 2. The lowest BCUT2D eigenvalue weighted by atomic mass is 9.76. The Bertz CT molecular complexity index is 327. The van der Waals surface area contributed by atoms with E-state index in [-0.39, 0.29) is 6.04 Å². The van der Waals surface area contributed by atoms with Crippen LogP contribution in [0.1, 0.15) is 37.4 Å². The predicted octanol–water partition coefficient (Wildman–Crippen LogP) is 1.43. The maximum Gasteiger partial charge on any atom is 0.0524 e. The molecule has 1 heterocycles. The van der Waals surface area contributed by atoms with Crippen LogP contribution < -0.4 is 5.73 Å². The highest BCUT2D eigenvalue weighted by molar-refractivity contribution is 5.27. The van der Waals surface area contributed by atoms with Crippen LogP contribution in [0.3, 0.4) is 0 Å². The zero-order chi connectivity index (χ0) is 10.3. The van der Waals surface area contributed by atoms with E-state index in [1.807, 2.05) is 17.9 Å². The van der Waals surface area contributed by atoms with Gasteiger partial charge in [-0.2, -0.15) is 5.10 Å². The van der Waals surface area contributed by atoms with Crippen LogP contribution in [0.15, 0.2) is 6.20 Å². The SMILES string of the molecule is CC(N)C1c2c(cnn2C)CCC1C. The Kier molecular flexibility index (Phi) is 2.35. The summed E-state index contributed by atoms with van der Waals surface area (Å²) in [6.07, 6.45) is 4.40. The molecule has 0 aliphatic heterocycles. The van der Waals surface area contributed by atoms with Gasteiger partial charge in [0.05, 0.1) is 6.20 Å². The highest BCUT2D eigenvalue weighted by Gasteiger charge is 2.31. The first-order chi connectivity index (χ1) is 6.61. The summed E-state index contributed by atoms with van der Waals surface area (Å²) in [6.45, 7) is 4.40. The molecular weight excluding hydrogens is 174 g/mol. The van der Waals surface area contributed by atoms with Gasteiger partial charge in [-0.3, -0.25) is 4.68 Å². The molecule has 0 radical (unpaired) electrons. The summed E-state index contributed by atoms with van der Waals surface area (Å²) in [5.41, 5.74) is 8.82. The van der Waals surface area contributed by atoms with Crippen molar-refractivity contribution in [1.82, 2.24) is 9.78 Å². The van der Waals surface area contributed by atoms with Crippen LogP contribution in [-0.4, -0.2) is 15.8 Å². The fraction of sp³-hybridized carbons (Fsp3) is 0.727. The number of aryl methyl sites for hydroxylation is 2. The van der Waals surface area contributed by atoms with Gasteiger partial charge in [-0.15, -0.1) is 0 Å². The maximum absolute atomic E-state index is 6.06. The van der Waals surface area contributed by atoms with Crippen molar-refractivity contribution in [2.45, 2.75) is 38.6 Å². The van der Waals surface area contributed by atoms with Gasteiger partial charge in [0.2, 0.25) is 0 Å². The monoisotopic (exact) mass is 193 g/mol. The minimum atomic E-state index is 0.222. The molecule has 0 amide bonds. The van der Waals surface area contributed by atoms with Crippen molar-refractivity contribution in [1.29, 1.82) is 0 Å². The number of hydrogen-bond acceptors (Lipinski definition) is 2. The van der Waals surface area contributed by atoms with Gasteiger partial charge in [0.25, 0.3) is 0 Å². The Hall–Kier alpha value is -0.830. The number of hydrogen-bond donors (Lipinski definition) is 1. The molecule has 1 aliphatic carbocycles. The van der Waals surface area contributed by atoms with Crippen molar-refractivity contribution in [2.75, 3.05) is 0 Å². The van der Waals surface area contributed by atoms with Gasteiger partial charge in [-0.1, -0.05) is 6.92 Å². The molecule has 1 aromatic heterocycles. The van der Waals surface area contributed by atoms with Gasteiger partial charge in [0.1, 0.15) is 0 Å². The zero-order valence-electron chi connectivity index (χ0n) is 9.20. The van der Waals surface area contributed by atoms with E-state index in [4.69, 9.17) is 5.73 Å². The van der Waals surface area contributed by atoms with Crippen LogP contribution in [0.2, 0.25) is 0 Å². The second kappa shape index (κ2) is 3.39. The molecule has 2 N–H and O–H groups in total. The van der Waals surface area contributed by atoms with Crippen molar-refractivity contribution in [3.8, 4) is 0 Å². The number of nitrogens with zero attached hydrogens (tertiary/aromatic N) is 2. The highest BCUT2D eigenvalue weighted by Crippen LogP contribution is 2.37. The van der Waals surface area contributed by atoms with E-state index in [9.17, 15) is 0 Å². The minimum absolute atomic E-state index is 0.222. The zero-order valence-corrected chi connectivity index (χ0v) is 9.20. The van der Waals surface area contributed by atoms with Crippen LogP contribution >= 0.6 is 0 Å². The summed E-state index contributed by atoms with van der Waals surface area (Å²) in [5, 5.41) is 4.33. The Morgan fingerprint density at radius 2 is 2.36 bits per heavy atom. The average Bonchev–Trinajstić information content (AvgIpc) is 2.47. The van der Waals surface area contributed by atoms with Crippen molar-refractivity contribution in [3.05, 3.63) is 17.5 Å². The Balaban J connectivity index is 2.44. The topological polar surface area (TPSA) is 43.8 Å². The second-order valence-electron chi connectivity index (χ2n) is 4.58. The quantitative estimate of drug-likeness (QED) is 0.733. The lowest BCUT2D eigenvalue weighted by molar-refractivity contribution is 0.345. The second-order valence-corrected chi connectivity index (χ2v) is 4.58. The van der Waals surface area contributed by atoms with E-state index in [2.05, 4.69) is 18.9 Å². The third-order valence-corrected chi connectivity index (χ3v) is 3.43. The first-order valence-corrected chi connectivity index (χ1v) is 5.37. The average molecular weight is 193 g/mol. The molecule has 0 aromatic carbocycles. The van der Waals surface area contributed by atoms with E-state index in [0.717, 1.165) is 6.42 Å². The van der Waals surface area contributed by atoms with E-state index in [1.165, 1.54) is 17.7 Å². The molecule has 0 saturated heterocycles. The molecule has 1 aromatic rings. The fourth-order valence-electron chi connectivity index (χ4n) is 2.71. The number of rotatable bonds is 1. The van der Waals surface area contributed by atoms with E-state index in [1.54, 1.807) is 0 Å². The molecule has 78 valence electrons. The first kappa shape index (κ1) is 9.71. The molecule has 0 bridgehead atoms. The summed E-state index contributed by atoms with van der Waals surface area (Å²) >= 11 is 0. The van der Waals surface area contributed by atoms with Gasteiger partial charge in [0.15, 0.2) is 0 Å². The molecule has 1 aliphatic rings. The lowest BCUT2D eigenvalue weighted by Gasteiger charge is -2.32. The van der Waals surface area contributed by atoms with Crippen LogP contribution in [0.5, 0.6) is 0 Å². The van der Waals surface area contributed by atoms with Crippen molar-refractivity contribution in [2.24, 2.45) is 18.7 Å². The normalized spacial score (nSPS) is 28.6. The van der Waals surface area contributed by atoms with Gasteiger partial charge in [0, 0.05) is 24.7 Å². The summed E-state index contributed by atoms with van der Waals surface area (Å²) in [6, 6.07) is 0.222. The maximum atomic E-state index is 6.06. The molecule has 3 nitrogen and oxygen atoms in total. The largest absolute Gasteiger partial charge is 0.327 e. The summed E-state index contributed by atoms with van der Waals surface area (Å²) in [5.74, 6) is 1.16. The van der Waals surface area contributed by atoms with Gasteiger partial charge in [-0.05, 0) is 31.2 Å². The molecule has 3 heteroatoms. The molecule has 3 unspecified atom stereocenters. The minimum Gasteiger partial charge on any atom is -0.327 e. The predicted molar refractivity (Wildman–Crippen MR) is 57.1 cm³/mol. The van der Waals surface area contributed by atoms with Crippen LogP contribution in [0.4, 0.5) is 0 Å². The first-order valence-electron chi connectivity index (χ1n) is 5.37. The summed E-state index contributed by atoms with van der Waals surface area (Å²) < 4.78 is 2.00. The van der Waals surface area contributed by atoms with Crippen molar-refractivity contribution < 1.29 is 0 Å². The van der Waals surface area contributed by atoms with Crippen molar-refractivity contribution >= 4 is 0 Å². The Morgan fingerprint density at radius 1 is 1.64 bits per heavy atom. The third kappa shape index (κ3) is 1.36. The lowest BCUT2D eigenvalue weighted by Crippen LogP contribution is -2.34. The molecule has 0 spiro atoms. The number of fused-ring (bicyclic) bond motifs is 1. The molecule has 2 rings (SSSR count). The van der Waals surface area contributed by atoms with Crippen LogP contribution in [0, 0.1) is 5.92 Å². The van der Waals surface area contributed by atoms with Gasteiger partial charge < -0.3 is 5.73 Å². The standard InChI is InChI=1S/C11H19N3/c1-7-4-5-9-6-13-14(3)11(9)10(7)8(2)12/h6-8,10H,4-5,12H2,1-3H3. The van der Waals surface area contributed by atoms with Gasteiger partial charge >= 0.3 is 0 Å². The van der Waals surface area contributed by atoms with Gasteiger partial charge in [-0.25, -0.2) is 0 Å². The Morgan fingerprint density at radius 3 is 3.00 bits per heavy atom. The van der Waals surface area contributed by atoms with E-state index >= 15 is 0 Å². The fourth-order valence-corrected chi connectivity index (χ4v) is 2.71. The molecule has 14 heavy (non-hydrogen) atoms. The molecule has 0 fully saturated rings. The summed E-state index contributed by atoms with van der Waals surface area (Å²) in [4.78, 5) is 0. The molecular formula is C11H19N3. The van der Waals surface area contributed by atoms with Crippen LogP contribution in [0.25, 0.3) is 0 Å². The number of nitrogens with two attached hydrogens (primary N) is 1. The smallest absolute Gasteiger partial charge is 0.0524 e. The third-order valence-electron chi connectivity index (χ3n) is 3.43. The van der Waals surface area contributed by atoms with E-state index < -0.39 is 0 Å². The Labute approximate surface area is 85.3 Å². The van der Waals surface area contributed by atoms with Crippen molar-refractivity contribution in [3.63, 3.8) is 0 Å². The molecule has 3 atom stereocenters. The van der Waals surface area contributed by atoms with E-state index in [0.29, 0.717) is 11.8 Å². The highest BCUT2D eigenvalue weighted by atomic mass is 15.3.